The topological polar surface area (TPSA) is 92.7 Å². The van der Waals surface area contributed by atoms with E-state index >= 15 is 0 Å². The van der Waals surface area contributed by atoms with E-state index in [1.165, 1.54) is 18.2 Å². The Bertz CT molecular complexity index is 1140. The Balaban J connectivity index is 2.12. The lowest BCUT2D eigenvalue weighted by atomic mass is 9.97. The first-order chi connectivity index (χ1) is 16.6. The highest BCUT2D eigenvalue weighted by Crippen LogP contribution is 2.37. The minimum Gasteiger partial charge on any atom is -0.480 e. The van der Waals surface area contributed by atoms with Crippen LogP contribution in [0.15, 0.2) is 36.4 Å². The van der Waals surface area contributed by atoms with Crippen LogP contribution in [0.1, 0.15) is 38.3 Å². The van der Waals surface area contributed by atoms with E-state index in [4.69, 9.17) is 27.9 Å². The van der Waals surface area contributed by atoms with Crippen molar-refractivity contribution in [2.45, 2.75) is 51.4 Å². The van der Waals surface area contributed by atoms with Gasteiger partial charge in [-0.2, -0.15) is 13.2 Å². The predicted octanol–water partition coefficient (Wildman–Crippen LogP) is 6.34. The largest absolute Gasteiger partial charge is 0.480 e. The molecule has 2 aromatic carbocycles. The van der Waals surface area contributed by atoms with Crippen molar-refractivity contribution in [2.75, 3.05) is 11.5 Å². The van der Waals surface area contributed by atoms with E-state index in [0.29, 0.717) is 16.1 Å². The number of rotatable bonds is 9. The standard InChI is InChI=1S/C24H26Cl2F3NO5S/c1-23(2,3)35-22(33)30-20(21(31)32)9-11-36(34)10-8-15-12-14(4-7-18(15)24(27,28)29)17-6-5-16(25)13-19(17)26/h4-7,12-13,20H,8-11H2,1-3H3,(H,30,33)(H,31,32). The number of alkyl carbamates (subject to hydrolysis) is 1. The van der Waals surface area contributed by atoms with Crippen molar-refractivity contribution in [1.29, 1.82) is 0 Å². The first-order valence-electron chi connectivity index (χ1n) is 10.8. The zero-order chi connectivity index (χ0) is 27.3. The van der Waals surface area contributed by atoms with Gasteiger partial charge in [-0.15, -0.1) is 0 Å². The van der Waals surface area contributed by atoms with Crippen LogP contribution >= 0.6 is 23.2 Å². The van der Waals surface area contributed by atoms with E-state index < -0.39 is 46.2 Å². The summed E-state index contributed by atoms with van der Waals surface area (Å²) in [6.45, 7) is 4.84. The maximum Gasteiger partial charge on any atom is 0.416 e. The van der Waals surface area contributed by atoms with Crippen molar-refractivity contribution in [3.05, 3.63) is 57.6 Å². The summed E-state index contributed by atoms with van der Waals surface area (Å²) < 4.78 is 58.3. The van der Waals surface area contributed by atoms with Gasteiger partial charge in [0.2, 0.25) is 0 Å². The number of carbonyl (C=O) groups excluding carboxylic acids is 1. The first kappa shape index (κ1) is 29.9. The minimum atomic E-state index is -4.62. The summed E-state index contributed by atoms with van der Waals surface area (Å²) in [4.78, 5) is 23.3. The first-order valence-corrected chi connectivity index (χ1v) is 13.0. The maximum absolute atomic E-state index is 13.6. The van der Waals surface area contributed by atoms with Crippen LogP contribution in [0.2, 0.25) is 10.0 Å². The molecule has 0 aliphatic heterocycles. The van der Waals surface area contributed by atoms with Crippen LogP contribution in [0.5, 0.6) is 0 Å². The molecule has 0 aromatic heterocycles. The number of hydrogen-bond donors (Lipinski definition) is 2. The van der Waals surface area contributed by atoms with Gasteiger partial charge in [0, 0.05) is 37.9 Å². The molecule has 0 aliphatic rings. The average molecular weight is 568 g/mol. The van der Waals surface area contributed by atoms with Crippen LogP contribution in [0, 0.1) is 0 Å². The molecule has 198 valence electrons. The molecular formula is C24H26Cl2F3NO5S. The Hall–Kier alpha value is -2.30. The number of halogens is 5. The van der Waals surface area contributed by atoms with Crippen molar-refractivity contribution in [3.63, 3.8) is 0 Å². The van der Waals surface area contributed by atoms with Crippen LogP contribution < -0.4 is 5.32 Å². The molecule has 0 saturated heterocycles. The van der Waals surface area contributed by atoms with Crippen LogP contribution in [0.25, 0.3) is 11.1 Å². The molecule has 0 fully saturated rings. The molecule has 0 saturated carbocycles. The van der Waals surface area contributed by atoms with Gasteiger partial charge in [0.15, 0.2) is 0 Å². The number of amides is 1. The number of hydrogen-bond acceptors (Lipinski definition) is 4. The summed E-state index contributed by atoms with van der Waals surface area (Å²) in [5.74, 6) is -1.62. The van der Waals surface area contributed by atoms with Crippen molar-refractivity contribution in [1.82, 2.24) is 5.32 Å². The zero-order valence-electron chi connectivity index (χ0n) is 19.7. The highest BCUT2D eigenvalue weighted by molar-refractivity contribution is 7.84. The van der Waals surface area contributed by atoms with Crippen LogP contribution in [0.4, 0.5) is 18.0 Å². The monoisotopic (exact) mass is 567 g/mol. The van der Waals surface area contributed by atoms with Gasteiger partial charge < -0.3 is 15.2 Å². The number of aliphatic carboxylic acids is 1. The molecule has 0 bridgehead atoms. The number of nitrogens with one attached hydrogen (secondary N) is 1. The number of alkyl halides is 3. The van der Waals surface area contributed by atoms with Crippen molar-refractivity contribution in [2.24, 2.45) is 0 Å². The second kappa shape index (κ2) is 12.3. The molecule has 36 heavy (non-hydrogen) atoms. The molecule has 6 nitrogen and oxygen atoms in total. The van der Waals surface area contributed by atoms with Crippen molar-refractivity contribution >= 4 is 46.1 Å². The van der Waals surface area contributed by atoms with Crippen LogP contribution in [-0.2, 0) is 32.9 Å². The summed E-state index contributed by atoms with van der Waals surface area (Å²) in [5.41, 5.74) is -0.825. The molecule has 2 aromatic rings. The fraction of sp³-hybridized carbons (Fsp3) is 0.417. The Morgan fingerprint density at radius 1 is 1.08 bits per heavy atom. The molecule has 12 heteroatoms. The van der Waals surface area contributed by atoms with Crippen LogP contribution in [0.3, 0.4) is 0 Å². The minimum absolute atomic E-state index is 0.0685. The number of carboxylic acid groups (broad SMARTS) is 1. The second-order valence-corrected chi connectivity index (χ2v) is 11.5. The van der Waals surface area contributed by atoms with E-state index in [1.807, 2.05) is 0 Å². The molecule has 2 N–H and O–H groups in total. The van der Waals surface area contributed by atoms with Crippen LogP contribution in [-0.4, -0.2) is 44.5 Å². The summed E-state index contributed by atoms with van der Waals surface area (Å²) in [6.07, 6.45) is -5.91. The summed E-state index contributed by atoms with van der Waals surface area (Å²) in [7, 11) is -1.65. The molecule has 2 unspecified atom stereocenters. The summed E-state index contributed by atoms with van der Waals surface area (Å²) in [5, 5.41) is 12.2. The van der Waals surface area contributed by atoms with Gasteiger partial charge in [-0.25, -0.2) is 9.59 Å². The van der Waals surface area contributed by atoms with Gasteiger partial charge in [0.25, 0.3) is 0 Å². The van der Waals surface area contributed by atoms with E-state index in [2.05, 4.69) is 5.32 Å². The van der Waals surface area contributed by atoms with Gasteiger partial charge in [0.1, 0.15) is 11.6 Å². The predicted molar refractivity (Wildman–Crippen MR) is 134 cm³/mol. The lowest BCUT2D eigenvalue weighted by Crippen LogP contribution is -2.44. The molecule has 0 aliphatic carbocycles. The second-order valence-electron chi connectivity index (χ2n) is 8.92. The number of aryl methyl sites for hydroxylation is 1. The Labute approximate surface area is 219 Å². The van der Waals surface area contributed by atoms with E-state index in [-0.39, 0.29) is 34.9 Å². The SMILES string of the molecule is CC(C)(C)OC(=O)NC(CCS(=O)CCc1cc(-c2ccc(Cl)cc2Cl)ccc1C(F)(F)F)C(=O)O. The maximum atomic E-state index is 13.6. The van der Waals surface area contributed by atoms with Crippen molar-refractivity contribution < 1.29 is 36.8 Å². The third-order valence-corrected chi connectivity index (χ3v) is 6.77. The number of ether oxygens (including phenoxy) is 1. The quantitative estimate of drug-likeness (QED) is 0.369. The Morgan fingerprint density at radius 3 is 2.31 bits per heavy atom. The smallest absolute Gasteiger partial charge is 0.416 e. The highest BCUT2D eigenvalue weighted by Gasteiger charge is 2.33. The molecule has 0 radical (unpaired) electrons. The summed E-state index contributed by atoms with van der Waals surface area (Å²) >= 11 is 12.1. The summed E-state index contributed by atoms with van der Waals surface area (Å²) in [6, 6.07) is 6.89. The molecule has 2 atom stereocenters. The molecule has 2 rings (SSSR count). The number of carboxylic acids is 1. The third kappa shape index (κ3) is 9.29. The van der Waals surface area contributed by atoms with Gasteiger partial charge in [-0.05, 0) is 62.9 Å². The van der Waals surface area contributed by atoms with Gasteiger partial charge in [0.05, 0.1) is 5.56 Å². The zero-order valence-corrected chi connectivity index (χ0v) is 22.1. The highest BCUT2D eigenvalue weighted by atomic mass is 35.5. The Kier molecular flexibility index (Phi) is 10.2. The van der Waals surface area contributed by atoms with E-state index in [1.54, 1.807) is 32.9 Å². The van der Waals surface area contributed by atoms with E-state index in [0.717, 1.165) is 6.07 Å². The molecular weight excluding hydrogens is 542 g/mol. The van der Waals surface area contributed by atoms with Crippen molar-refractivity contribution in [3.8, 4) is 11.1 Å². The molecule has 0 heterocycles. The van der Waals surface area contributed by atoms with Gasteiger partial charge in [-0.1, -0.05) is 41.4 Å². The Morgan fingerprint density at radius 2 is 1.75 bits per heavy atom. The molecule has 0 spiro atoms. The average Bonchev–Trinajstić information content (AvgIpc) is 2.72. The number of benzene rings is 2. The third-order valence-electron chi connectivity index (χ3n) is 4.88. The van der Waals surface area contributed by atoms with E-state index in [9.17, 15) is 32.1 Å². The normalized spacial score (nSPS) is 13.7. The fourth-order valence-electron chi connectivity index (χ4n) is 3.25. The molecule has 1 amide bonds. The fourth-order valence-corrected chi connectivity index (χ4v) is 4.92. The lowest BCUT2D eigenvalue weighted by Gasteiger charge is -2.22. The lowest BCUT2D eigenvalue weighted by molar-refractivity contribution is -0.139. The van der Waals surface area contributed by atoms with Gasteiger partial charge in [-0.3, -0.25) is 4.21 Å². The van der Waals surface area contributed by atoms with Gasteiger partial charge >= 0.3 is 18.2 Å². The number of carbonyl (C=O) groups is 2.